The maximum atomic E-state index is 5.88. The van der Waals surface area contributed by atoms with Crippen LogP contribution in [0.3, 0.4) is 0 Å². The van der Waals surface area contributed by atoms with Gasteiger partial charge in [0.15, 0.2) is 0 Å². The lowest BCUT2D eigenvalue weighted by molar-refractivity contribution is 0.463. The summed E-state index contributed by atoms with van der Waals surface area (Å²) in [7, 11) is 0. The van der Waals surface area contributed by atoms with E-state index in [0.29, 0.717) is 5.92 Å². The van der Waals surface area contributed by atoms with Crippen LogP contribution in [0, 0.1) is 12.8 Å². The molecule has 0 saturated carbocycles. The van der Waals surface area contributed by atoms with Crippen LogP contribution in [-0.4, -0.2) is 11.5 Å². The zero-order valence-corrected chi connectivity index (χ0v) is 12.6. The lowest BCUT2D eigenvalue weighted by Crippen LogP contribution is -2.29. The fraction of sp³-hybridized carbons (Fsp3) is 0.467. The third-order valence-electron chi connectivity index (χ3n) is 2.97. The molecule has 1 aromatic carbocycles. The van der Waals surface area contributed by atoms with Crippen molar-refractivity contribution in [2.24, 2.45) is 11.8 Å². The van der Waals surface area contributed by atoms with Crippen LogP contribution >= 0.6 is 11.8 Å². The first-order valence-electron chi connectivity index (χ1n) is 6.64. The summed E-state index contributed by atoms with van der Waals surface area (Å²) in [6.07, 6.45) is 0. The number of benzene rings is 1. The molecule has 19 heavy (non-hydrogen) atoms. The normalized spacial score (nSPS) is 13.3. The van der Waals surface area contributed by atoms with E-state index in [2.05, 4.69) is 44.4 Å². The SMILES string of the molecule is Cc1ccc2oc(C(CSCC(C)C)NN)cc2c1. The van der Waals surface area contributed by atoms with E-state index in [9.17, 15) is 0 Å². The smallest absolute Gasteiger partial charge is 0.134 e. The van der Waals surface area contributed by atoms with E-state index in [1.807, 2.05) is 17.8 Å². The van der Waals surface area contributed by atoms with E-state index in [-0.39, 0.29) is 6.04 Å². The maximum Gasteiger partial charge on any atom is 0.134 e. The van der Waals surface area contributed by atoms with Crippen molar-refractivity contribution in [2.75, 3.05) is 11.5 Å². The van der Waals surface area contributed by atoms with Gasteiger partial charge in [0.1, 0.15) is 11.3 Å². The molecule has 1 aromatic heterocycles. The van der Waals surface area contributed by atoms with Crippen molar-refractivity contribution in [3.05, 3.63) is 35.6 Å². The first-order chi connectivity index (χ1) is 9.10. The van der Waals surface area contributed by atoms with Crippen molar-refractivity contribution in [1.82, 2.24) is 5.43 Å². The van der Waals surface area contributed by atoms with Crippen molar-refractivity contribution in [3.63, 3.8) is 0 Å². The molecule has 2 rings (SSSR count). The highest BCUT2D eigenvalue weighted by atomic mass is 32.2. The topological polar surface area (TPSA) is 51.2 Å². The van der Waals surface area contributed by atoms with Gasteiger partial charge in [-0.15, -0.1) is 0 Å². The molecule has 0 fully saturated rings. The van der Waals surface area contributed by atoms with Gasteiger partial charge in [-0.1, -0.05) is 25.5 Å². The summed E-state index contributed by atoms with van der Waals surface area (Å²) in [5, 5.41) is 1.14. The number of aryl methyl sites for hydroxylation is 1. The highest BCUT2D eigenvalue weighted by Crippen LogP contribution is 2.26. The van der Waals surface area contributed by atoms with Gasteiger partial charge in [0.2, 0.25) is 0 Å². The minimum absolute atomic E-state index is 0.0662. The molecule has 0 spiro atoms. The fourth-order valence-electron chi connectivity index (χ4n) is 1.99. The predicted molar refractivity (Wildman–Crippen MR) is 83.2 cm³/mol. The summed E-state index contributed by atoms with van der Waals surface area (Å²) in [6, 6.07) is 8.37. The van der Waals surface area contributed by atoms with Crippen molar-refractivity contribution in [2.45, 2.75) is 26.8 Å². The number of nitrogens with one attached hydrogen (secondary N) is 1. The maximum absolute atomic E-state index is 5.88. The average Bonchev–Trinajstić information content (AvgIpc) is 2.76. The molecule has 0 aliphatic carbocycles. The fourth-order valence-corrected chi connectivity index (χ4v) is 3.09. The van der Waals surface area contributed by atoms with Gasteiger partial charge in [-0.05, 0) is 36.8 Å². The number of furan rings is 1. The molecular formula is C15H22N2OS. The Hall–Kier alpha value is -0.970. The van der Waals surface area contributed by atoms with Crippen LogP contribution in [0.15, 0.2) is 28.7 Å². The number of hydrogen-bond acceptors (Lipinski definition) is 4. The van der Waals surface area contributed by atoms with E-state index in [1.165, 1.54) is 5.56 Å². The van der Waals surface area contributed by atoms with Crippen molar-refractivity contribution in [1.29, 1.82) is 0 Å². The Bertz CT molecular complexity index is 536. The second-order valence-electron chi connectivity index (χ2n) is 5.34. The van der Waals surface area contributed by atoms with Gasteiger partial charge in [0, 0.05) is 11.1 Å². The Morgan fingerprint density at radius 2 is 2.05 bits per heavy atom. The number of fused-ring (bicyclic) bond motifs is 1. The Labute approximate surface area is 118 Å². The van der Waals surface area contributed by atoms with Gasteiger partial charge in [-0.25, -0.2) is 5.43 Å². The minimum Gasteiger partial charge on any atom is -0.459 e. The number of nitrogens with two attached hydrogens (primary N) is 1. The minimum atomic E-state index is 0.0662. The lowest BCUT2D eigenvalue weighted by atomic mass is 10.1. The molecule has 4 heteroatoms. The third kappa shape index (κ3) is 3.75. The van der Waals surface area contributed by atoms with E-state index < -0.39 is 0 Å². The molecule has 2 aromatic rings. The molecule has 0 amide bonds. The highest BCUT2D eigenvalue weighted by Gasteiger charge is 2.15. The number of hydrogen-bond donors (Lipinski definition) is 2. The Morgan fingerprint density at radius 3 is 2.74 bits per heavy atom. The van der Waals surface area contributed by atoms with Crippen LogP contribution < -0.4 is 11.3 Å². The van der Waals surface area contributed by atoms with E-state index in [4.69, 9.17) is 10.3 Å². The lowest BCUT2D eigenvalue weighted by Gasteiger charge is -2.13. The van der Waals surface area contributed by atoms with E-state index in [0.717, 1.165) is 28.2 Å². The van der Waals surface area contributed by atoms with Gasteiger partial charge >= 0.3 is 0 Å². The van der Waals surface area contributed by atoms with Crippen LogP contribution in [0.2, 0.25) is 0 Å². The summed E-state index contributed by atoms with van der Waals surface area (Å²) in [5.41, 5.74) is 5.02. The molecule has 0 aliphatic heterocycles. The molecule has 0 bridgehead atoms. The number of rotatable bonds is 6. The Morgan fingerprint density at radius 1 is 1.26 bits per heavy atom. The summed E-state index contributed by atoms with van der Waals surface area (Å²) < 4.78 is 5.88. The molecule has 0 saturated heterocycles. The van der Waals surface area contributed by atoms with Crippen molar-refractivity contribution in [3.8, 4) is 0 Å². The molecule has 3 nitrogen and oxygen atoms in total. The average molecular weight is 278 g/mol. The second kappa shape index (κ2) is 6.46. The molecule has 1 unspecified atom stereocenters. The molecule has 1 heterocycles. The molecule has 0 radical (unpaired) electrons. The van der Waals surface area contributed by atoms with E-state index >= 15 is 0 Å². The summed E-state index contributed by atoms with van der Waals surface area (Å²) in [5.74, 6) is 9.32. The van der Waals surface area contributed by atoms with Crippen molar-refractivity contribution >= 4 is 22.7 Å². The number of hydrazine groups is 1. The largest absolute Gasteiger partial charge is 0.459 e. The highest BCUT2D eigenvalue weighted by molar-refractivity contribution is 7.99. The van der Waals surface area contributed by atoms with Crippen LogP contribution in [0.25, 0.3) is 11.0 Å². The second-order valence-corrected chi connectivity index (χ2v) is 6.42. The van der Waals surface area contributed by atoms with Gasteiger partial charge in [-0.2, -0.15) is 11.8 Å². The molecule has 0 aliphatic rings. The zero-order valence-electron chi connectivity index (χ0n) is 11.8. The van der Waals surface area contributed by atoms with Crippen LogP contribution in [-0.2, 0) is 0 Å². The van der Waals surface area contributed by atoms with Gasteiger partial charge in [-0.3, -0.25) is 5.84 Å². The van der Waals surface area contributed by atoms with E-state index in [1.54, 1.807) is 0 Å². The Balaban J connectivity index is 2.11. The summed E-state index contributed by atoms with van der Waals surface area (Å²) in [4.78, 5) is 0. The van der Waals surface area contributed by atoms with Crippen molar-refractivity contribution < 1.29 is 4.42 Å². The zero-order chi connectivity index (χ0) is 13.8. The molecule has 3 N–H and O–H groups in total. The standard InChI is InChI=1S/C15H22N2OS/c1-10(2)8-19-9-13(17-16)15-7-12-6-11(3)4-5-14(12)18-15/h4-7,10,13,17H,8-9,16H2,1-3H3. The monoisotopic (exact) mass is 278 g/mol. The summed E-state index contributed by atoms with van der Waals surface area (Å²) >= 11 is 1.90. The predicted octanol–water partition coefficient (Wildman–Crippen LogP) is 3.63. The number of thioether (sulfide) groups is 1. The molecule has 104 valence electrons. The first-order valence-corrected chi connectivity index (χ1v) is 7.79. The first kappa shape index (κ1) is 14.4. The quantitative estimate of drug-likeness (QED) is 0.626. The van der Waals surface area contributed by atoms with Crippen LogP contribution in [0.5, 0.6) is 0 Å². The molecule has 1 atom stereocenters. The summed E-state index contributed by atoms with van der Waals surface area (Å²) in [6.45, 7) is 6.53. The molecular weight excluding hydrogens is 256 g/mol. The van der Waals surface area contributed by atoms with Crippen LogP contribution in [0.4, 0.5) is 0 Å². The third-order valence-corrected chi connectivity index (χ3v) is 4.44. The van der Waals surface area contributed by atoms with Gasteiger partial charge in [0.25, 0.3) is 0 Å². The Kier molecular flexibility index (Phi) is 4.91. The van der Waals surface area contributed by atoms with Crippen LogP contribution in [0.1, 0.15) is 31.2 Å². The van der Waals surface area contributed by atoms with Gasteiger partial charge in [0.05, 0.1) is 6.04 Å². The van der Waals surface area contributed by atoms with Gasteiger partial charge < -0.3 is 4.42 Å².